The Balaban J connectivity index is 1.85. The second-order valence-corrected chi connectivity index (χ2v) is 7.38. The minimum atomic E-state index is -0.308. The smallest absolute Gasteiger partial charge is 0.323 e. The molecule has 1 aliphatic carbocycles. The van der Waals surface area contributed by atoms with E-state index in [1.54, 1.807) is 14.1 Å². The number of anilines is 1. The molecule has 0 bridgehead atoms. The fraction of sp³-hybridized carbons (Fsp3) is 0.217. The number of carbonyl (C=O) groups excluding carboxylic acids is 1. The number of hydrogen-bond donors (Lipinski definition) is 5. The van der Waals surface area contributed by atoms with Crippen molar-refractivity contribution in [2.24, 2.45) is 0 Å². The Kier molecular flexibility index (Phi) is 5.53. The number of carbonyl (C=O) groups is 1. The van der Waals surface area contributed by atoms with Crippen molar-refractivity contribution in [1.82, 2.24) is 20.2 Å². The summed E-state index contributed by atoms with van der Waals surface area (Å²) >= 11 is 0. The molecule has 158 valence electrons. The van der Waals surface area contributed by atoms with Gasteiger partial charge >= 0.3 is 6.03 Å². The molecule has 0 unspecified atom stereocenters. The summed E-state index contributed by atoms with van der Waals surface area (Å²) in [7, 11) is 3.37. The first-order valence-electron chi connectivity index (χ1n) is 10.1. The van der Waals surface area contributed by atoms with E-state index in [1.165, 1.54) is 11.1 Å². The van der Waals surface area contributed by atoms with Gasteiger partial charge < -0.3 is 21.0 Å². The average Bonchev–Trinajstić information content (AvgIpc) is 3.54. The summed E-state index contributed by atoms with van der Waals surface area (Å²) in [6.07, 6.45) is 3.04. The molecule has 5 N–H and O–H groups in total. The van der Waals surface area contributed by atoms with Crippen LogP contribution in [0.15, 0.2) is 48.5 Å². The Hall–Kier alpha value is -3.94. The molecule has 0 saturated heterocycles. The zero-order valence-electron chi connectivity index (χ0n) is 17.5. The molecule has 3 aromatic rings. The molecule has 1 fully saturated rings. The van der Waals surface area contributed by atoms with Crippen molar-refractivity contribution < 1.29 is 4.79 Å². The van der Waals surface area contributed by atoms with Gasteiger partial charge in [-0.1, -0.05) is 42.5 Å². The maximum Gasteiger partial charge on any atom is 0.323 e. The van der Waals surface area contributed by atoms with Gasteiger partial charge in [0.05, 0.1) is 5.69 Å². The highest BCUT2D eigenvalue weighted by molar-refractivity contribution is 6.09. The number of aromatic amines is 1. The number of hydrogen-bond acceptors (Lipinski definition) is 5. The van der Waals surface area contributed by atoms with E-state index in [-0.39, 0.29) is 17.9 Å². The van der Waals surface area contributed by atoms with E-state index >= 15 is 0 Å². The molecule has 8 heteroatoms. The SMILES string of the molecule is CNC(=O)N(C(=N)c1nc(-c2ccccc2)[nH]c1-c1ccc(C=N)c(NC)c1)C1CC1. The molecule has 1 aromatic heterocycles. The summed E-state index contributed by atoms with van der Waals surface area (Å²) in [5.41, 5.74) is 4.34. The maximum absolute atomic E-state index is 12.5. The zero-order valence-corrected chi connectivity index (χ0v) is 17.5. The van der Waals surface area contributed by atoms with E-state index in [2.05, 4.69) is 15.6 Å². The van der Waals surface area contributed by atoms with Gasteiger partial charge in [-0.3, -0.25) is 10.3 Å². The minimum Gasteiger partial charge on any atom is -0.388 e. The van der Waals surface area contributed by atoms with E-state index in [1.807, 2.05) is 48.5 Å². The number of amidine groups is 1. The van der Waals surface area contributed by atoms with E-state index in [0.717, 1.165) is 35.2 Å². The molecule has 2 aromatic carbocycles. The molecule has 0 atom stereocenters. The first-order chi connectivity index (χ1) is 15.1. The topological polar surface area (TPSA) is 121 Å². The van der Waals surface area contributed by atoms with E-state index in [4.69, 9.17) is 15.8 Å². The van der Waals surface area contributed by atoms with Crippen LogP contribution < -0.4 is 10.6 Å². The number of imidazole rings is 1. The third-order valence-electron chi connectivity index (χ3n) is 5.33. The number of aromatic nitrogens is 2. The number of benzene rings is 2. The number of rotatable bonds is 6. The van der Waals surface area contributed by atoms with E-state index in [0.29, 0.717) is 17.2 Å². The Morgan fingerprint density at radius 3 is 2.52 bits per heavy atom. The third-order valence-corrected chi connectivity index (χ3v) is 5.33. The highest BCUT2D eigenvalue weighted by Crippen LogP contribution is 2.33. The Morgan fingerprint density at radius 2 is 1.90 bits per heavy atom. The van der Waals surface area contributed by atoms with Gasteiger partial charge in [0, 0.05) is 48.7 Å². The van der Waals surface area contributed by atoms with Crippen LogP contribution in [0.1, 0.15) is 24.1 Å². The molecular formula is C23H25N7O. The second kappa shape index (κ2) is 8.43. The van der Waals surface area contributed by atoms with E-state index in [9.17, 15) is 4.79 Å². The van der Waals surface area contributed by atoms with Crippen LogP contribution in [0.5, 0.6) is 0 Å². The van der Waals surface area contributed by atoms with Gasteiger partial charge in [0.15, 0.2) is 5.84 Å². The Morgan fingerprint density at radius 1 is 1.16 bits per heavy atom. The van der Waals surface area contributed by atoms with Crippen LogP contribution in [-0.2, 0) is 0 Å². The van der Waals surface area contributed by atoms with Crippen molar-refractivity contribution in [3.8, 4) is 22.6 Å². The van der Waals surface area contributed by atoms with Gasteiger partial charge in [-0.2, -0.15) is 0 Å². The molecule has 4 rings (SSSR count). The number of H-pyrrole nitrogens is 1. The van der Waals surface area contributed by atoms with Gasteiger partial charge in [-0.15, -0.1) is 0 Å². The number of nitrogens with one attached hydrogen (secondary N) is 5. The summed E-state index contributed by atoms with van der Waals surface area (Å²) in [5, 5.41) is 22.2. The summed E-state index contributed by atoms with van der Waals surface area (Å²) in [6, 6.07) is 15.1. The molecule has 0 aliphatic heterocycles. The summed E-state index contributed by atoms with van der Waals surface area (Å²) in [6.45, 7) is 0. The lowest BCUT2D eigenvalue weighted by atomic mass is 10.0. The Labute approximate surface area is 180 Å². The first-order valence-corrected chi connectivity index (χ1v) is 10.1. The fourth-order valence-electron chi connectivity index (χ4n) is 3.56. The van der Waals surface area contributed by atoms with Crippen molar-refractivity contribution in [3.63, 3.8) is 0 Å². The molecular weight excluding hydrogens is 390 g/mol. The van der Waals surface area contributed by atoms with Crippen LogP contribution in [0.25, 0.3) is 22.6 Å². The van der Waals surface area contributed by atoms with Crippen LogP contribution in [0, 0.1) is 10.8 Å². The normalized spacial score (nSPS) is 12.8. The van der Waals surface area contributed by atoms with Crippen LogP contribution in [-0.4, -0.2) is 53.1 Å². The minimum absolute atomic E-state index is 0.0188. The highest BCUT2D eigenvalue weighted by Gasteiger charge is 2.37. The molecule has 0 spiro atoms. The fourth-order valence-corrected chi connectivity index (χ4v) is 3.56. The standard InChI is InChI=1S/C23H25N7O/c1-26-18-12-15(8-9-16(18)13-24)19-20(21(25)30(17-10-11-17)23(31)27-2)29-22(28-19)14-6-4-3-5-7-14/h3-9,12-13,17,24-26H,10-11H2,1-2H3,(H,27,31)(H,28,29). The molecule has 0 radical (unpaired) electrons. The highest BCUT2D eigenvalue weighted by atomic mass is 16.2. The Bertz CT molecular complexity index is 1130. The third kappa shape index (κ3) is 3.92. The van der Waals surface area contributed by atoms with Gasteiger partial charge in [-0.25, -0.2) is 9.78 Å². The van der Waals surface area contributed by atoms with Gasteiger partial charge in [0.2, 0.25) is 0 Å². The summed E-state index contributed by atoms with van der Waals surface area (Å²) in [5.74, 6) is 0.697. The van der Waals surface area contributed by atoms with Gasteiger partial charge in [-0.05, 0) is 18.9 Å². The summed E-state index contributed by atoms with van der Waals surface area (Å²) in [4.78, 5) is 22.1. The molecule has 8 nitrogen and oxygen atoms in total. The van der Waals surface area contributed by atoms with Crippen molar-refractivity contribution in [2.75, 3.05) is 19.4 Å². The first kappa shape index (κ1) is 20.3. The van der Waals surface area contributed by atoms with Gasteiger partial charge in [0.25, 0.3) is 0 Å². The van der Waals surface area contributed by atoms with Crippen molar-refractivity contribution in [2.45, 2.75) is 18.9 Å². The number of urea groups is 1. The quantitative estimate of drug-likeness (QED) is 0.310. The van der Waals surface area contributed by atoms with Crippen molar-refractivity contribution in [1.29, 1.82) is 10.8 Å². The number of nitrogens with zero attached hydrogens (tertiary/aromatic N) is 2. The second-order valence-electron chi connectivity index (χ2n) is 7.38. The van der Waals surface area contributed by atoms with Crippen molar-refractivity contribution in [3.05, 3.63) is 59.8 Å². The predicted octanol–water partition coefficient (Wildman–Crippen LogP) is 3.91. The molecule has 2 amide bonds. The van der Waals surface area contributed by atoms with Crippen LogP contribution >= 0.6 is 0 Å². The van der Waals surface area contributed by atoms with Crippen molar-refractivity contribution >= 4 is 23.8 Å². The predicted molar refractivity (Wildman–Crippen MR) is 123 cm³/mol. The zero-order chi connectivity index (χ0) is 22.0. The average molecular weight is 416 g/mol. The van der Waals surface area contributed by atoms with Crippen LogP contribution in [0.4, 0.5) is 10.5 Å². The van der Waals surface area contributed by atoms with Crippen LogP contribution in [0.2, 0.25) is 0 Å². The lowest BCUT2D eigenvalue weighted by Crippen LogP contribution is -2.44. The lowest BCUT2D eigenvalue weighted by molar-refractivity contribution is 0.221. The van der Waals surface area contributed by atoms with Crippen LogP contribution in [0.3, 0.4) is 0 Å². The summed E-state index contributed by atoms with van der Waals surface area (Å²) < 4.78 is 0. The number of amides is 2. The lowest BCUT2D eigenvalue weighted by Gasteiger charge is -2.22. The molecule has 31 heavy (non-hydrogen) atoms. The molecule has 1 aliphatic rings. The largest absolute Gasteiger partial charge is 0.388 e. The molecule has 1 heterocycles. The van der Waals surface area contributed by atoms with E-state index < -0.39 is 0 Å². The monoisotopic (exact) mass is 415 g/mol. The molecule has 1 saturated carbocycles. The maximum atomic E-state index is 12.5. The van der Waals surface area contributed by atoms with Gasteiger partial charge in [0.1, 0.15) is 11.5 Å².